The predicted molar refractivity (Wildman–Crippen MR) is 119 cm³/mol. The van der Waals surface area contributed by atoms with Crippen molar-refractivity contribution in [3.05, 3.63) is 0 Å². The molecule has 0 aromatic carbocycles. The first kappa shape index (κ1) is 20.5. The molecule has 1 N–H and O–H groups in total. The van der Waals surface area contributed by atoms with Crippen LogP contribution in [0.15, 0.2) is 0 Å². The summed E-state index contributed by atoms with van der Waals surface area (Å²) in [6.45, 7) is 0. The molecular weight excluding hydrogens is 342 g/mol. The summed E-state index contributed by atoms with van der Waals surface area (Å²) in [4.78, 5) is 5.42. The number of hydrogen-bond donors (Lipinski definition) is 1. The zero-order chi connectivity index (χ0) is 19.2. The van der Waals surface area contributed by atoms with Crippen molar-refractivity contribution in [3.8, 4) is 0 Å². The van der Waals surface area contributed by atoms with E-state index in [1.807, 2.05) is 0 Å². The van der Waals surface area contributed by atoms with Gasteiger partial charge < -0.3 is 9.80 Å². The van der Waals surface area contributed by atoms with E-state index in [9.17, 15) is 5.41 Å². The quantitative estimate of drug-likeness (QED) is 0.422. The molecule has 28 heavy (non-hydrogen) atoms. The molecule has 160 valence electrons. The van der Waals surface area contributed by atoms with Gasteiger partial charge in [0.05, 0.1) is 0 Å². The Morgan fingerprint density at radius 2 is 0.607 bits per heavy atom. The van der Waals surface area contributed by atoms with Crippen LogP contribution in [0.25, 0.3) is 0 Å². The fraction of sp³-hybridized carbons (Fsp3) is 0.960. The van der Waals surface area contributed by atoms with Crippen LogP contribution in [0.4, 0.5) is 0 Å². The molecule has 0 amide bonds. The summed E-state index contributed by atoms with van der Waals surface area (Å²) in [6, 6.07) is 2.61. The van der Waals surface area contributed by atoms with Gasteiger partial charge in [-0.2, -0.15) is 0 Å². The molecule has 0 aromatic rings. The van der Waals surface area contributed by atoms with Gasteiger partial charge in [0, 0.05) is 24.2 Å². The summed E-state index contributed by atoms with van der Waals surface area (Å²) in [5.41, 5.74) is 0. The Hall–Kier alpha value is -0.730. The second kappa shape index (κ2) is 10.3. The molecule has 0 aromatic heterocycles. The van der Waals surface area contributed by atoms with Crippen molar-refractivity contribution in [1.82, 2.24) is 9.80 Å². The predicted octanol–water partition coefficient (Wildman–Crippen LogP) is 6.86. The molecule has 4 aliphatic rings. The van der Waals surface area contributed by atoms with E-state index in [1.165, 1.54) is 128 Å². The molecule has 0 spiro atoms. The molecule has 4 aliphatic carbocycles. The van der Waals surface area contributed by atoms with Crippen molar-refractivity contribution < 1.29 is 0 Å². The zero-order valence-electron chi connectivity index (χ0n) is 18.3. The Labute approximate surface area is 174 Å². The van der Waals surface area contributed by atoms with Crippen molar-refractivity contribution in [3.63, 3.8) is 0 Å². The molecule has 0 saturated heterocycles. The maximum atomic E-state index is 9.60. The third-order valence-corrected chi connectivity index (χ3v) is 8.36. The van der Waals surface area contributed by atoms with Crippen molar-refractivity contribution in [1.29, 1.82) is 5.41 Å². The van der Waals surface area contributed by atoms with Crippen molar-refractivity contribution in [2.45, 2.75) is 153 Å². The largest absolute Gasteiger partial charge is 0.337 e. The lowest BCUT2D eigenvalue weighted by molar-refractivity contribution is 0.0911. The highest BCUT2D eigenvalue weighted by molar-refractivity contribution is 5.78. The lowest BCUT2D eigenvalue weighted by Crippen LogP contribution is -2.59. The summed E-state index contributed by atoms with van der Waals surface area (Å²) in [6.07, 6.45) is 27.4. The van der Waals surface area contributed by atoms with Crippen molar-refractivity contribution >= 4 is 5.96 Å². The highest BCUT2D eigenvalue weighted by Crippen LogP contribution is 2.35. The lowest BCUT2D eigenvalue weighted by Gasteiger charge is -2.51. The molecule has 4 rings (SSSR count). The van der Waals surface area contributed by atoms with E-state index in [1.54, 1.807) is 0 Å². The minimum absolute atomic E-state index is 0.652. The third kappa shape index (κ3) is 4.87. The van der Waals surface area contributed by atoms with E-state index in [0.29, 0.717) is 24.2 Å². The fourth-order valence-corrected chi connectivity index (χ4v) is 6.86. The standard InChI is InChI=1S/C25H45N3/c26-25(27(21-13-5-1-6-14-21)22-15-7-2-8-16-22)28(23-17-9-3-10-18-23)24-19-11-4-12-20-24/h21-24,26H,1-20H2. The molecule has 3 nitrogen and oxygen atoms in total. The Kier molecular flexibility index (Phi) is 7.59. The van der Waals surface area contributed by atoms with Crippen LogP contribution in [-0.4, -0.2) is 39.9 Å². The van der Waals surface area contributed by atoms with Gasteiger partial charge >= 0.3 is 0 Å². The number of guanidine groups is 1. The molecule has 0 atom stereocenters. The van der Waals surface area contributed by atoms with Gasteiger partial charge in [-0.15, -0.1) is 0 Å². The molecule has 0 radical (unpaired) electrons. The average Bonchev–Trinajstić information content (AvgIpc) is 2.77. The molecule has 0 unspecified atom stereocenters. The third-order valence-electron chi connectivity index (χ3n) is 8.36. The Morgan fingerprint density at radius 3 is 0.821 bits per heavy atom. The molecule has 4 saturated carbocycles. The van der Waals surface area contributed by atoms with Crippen LogP contribution in [-0.2, 0) is 0 Å². The molecule has 0 bridgehead atoms. The van der Waals surface area contributed by atoms with Gasteiger partial charge in [-0.05, 0) is 51.4 Å². The van der Waals surface area contributed by atoms with Crippen LogP contribution in [0.1, 0.15) is 128 Å². The second-order valence-corrected chi connectivity index (χ2v) is 10.3. The van der Waals surface area contributed by atoms with Crippen LogP contribution >= 0.6 is 0 Å². The monoisotopic (exact) mass is 387 g/mol. The summed E-state index contributed by atoms with van der Waals surface area (Å²) >= 11 is 0. The summed E-state index contributed by atoms with van der Waals surface area (Å²) in [7, 11) is 0. The van der Waals surface area contributed by atoms with Crippen LogP contribution in [0.5, 0.6) is 0 Å². The Bertz CT molecular complexity index is 388. The van der Waals surface area contributed by atoms with Gasteiger partial charge in [0.25, 0.3) is 0 Å². The summed E-state index contributed by atoms with van der Waals surface area (Å²) in [5, 5.41) is 9.60. The van der Waals surface area contributed by atoms with Crippen LogP contribution in [0.3, 0.4) is 0 Å². The van der Waals surface area contributed by atoms with Crippen LogP contribution in [0, 0.1) is 5.41 Å². The number of nitrogens with one attached hydrogen (secondary N) is 1. The molecule has 0 heterocycles. The average molecular weight is 388 g/mol. The van der Waals surface area contributed by atoms with Gasteiger partial charge in [-0.1, -0.05) is 77.0 Å². The molecule has 3 heteroatoms. The number of nitrogens with zero attached hydrogens (tertiary/aromatic N) is 2. The van der Waals surface area contributed by atoms with Gasteiger partial charge in [-0.3, -0.25) is 5.41 Å². The molecule has 4 fully saturated rings. The first-order valence-corrected chi connectivity index (χ1v) is 13.0. The van der Waals surface area contributed by atoms with E-state index >= 15 is 0 Å². The number of hydrogen-bond acceptors (Lipinski definition) is 1. The van der Waals surface area contributed by atoms with E-state index < -0.39 is 0 Å². The molecular formula is C25H45N3. The maximum absolute atomic E-state index is 9.60. The summed E-state index contributed by atoms with van der Waals surface area (Å²) < 4.78 is 0. The Balaban J connectivity index is 1.57. The van der Waals surface area contributed by atoms with Gasteiger partial charge in [0.2, 0.25) is 0 Å². The van der Waals surface area contributed by atoms with E-state index in [0.717, 1.165) is 5.96 Å². The first-order chi connectivity index (χ1) is 13.8. The van der Waals surface area contributed by atoms with Gasteiger partial charge in [-0.25, -0.2) is 0 Å². The van der Waals surface area contributed by atoms with Gasteiger partial charge in [0.15, 0.2) is 5.96 Å². The van der Waals surface area contributed by atoms with E-state index in [2.05, 4.69) is 9.80 Å². The first-order valence-electron chi connectivity index (χ1n) is 13.0. The summed E-state index contributed by atoms with van der Waals surface area (Å²) in [5.74, 6) is 0.970. The number of rotatable bonds is 4. The zero-order valence-corrected chi connectivity index (χ0v) is 18.3. The van der Waals surface area contributed by atoms with Crippen molar-refractivity contribution in [2.24, 2.45) is 0 Å². The van der Waals surface area contributed by atoms with Crippen molar-refractivity contribution in [2.75, 3.05) is 0 Å². The topological polar surface area (TPSA) is 30.3 Å². The SMILES string of the molecule is N=C(N(C1CCCCC1)C1CCCCC1)N(C1CCCCC1)C1CCCCC1. The lowest BCUT2D eigenvalue weighted by atomic mass is 9.87. The smallest absolute Gasteiger partial charge is 0.194 e. The minimum atomic E-state index is 0.652. The van der Waals surface area contributed by atoms with Gasteiger partial charge in [0.1, 0.15) is 0 Å². The van der Waals surface area contributed by atoms with Crippen LogP contribution < -0.4 is 0 Å². The fourth-order valence-electron chi connectivity index (χ4n) is 6.86. The van der Waals surface area contributed by atoms with E-state index in [-0.39, 0.29) is 0 Å². The minimum Gasteiger partial charge on any atom is -0.337 e. The van der Waals surface area contributed by atoms with E-state index in [4.69, 9.17) is 0 Å². The Morgan fingerprint density at radius 1 is 0.393 bits per heavy atom. The second-order valence-electron chi connectivity index (χ2n) is 10.3. The maximum Gasteiger partial charge on any atom is 0.194 e. The molecule has 0 aliphatic heterocycles. The van der Waals surface area contributed by atoms with Crippen LogP contribution in [0.2, 0.25) is 0 Å². The normalized spacial score (nSPS) is 26.9. The highest BCUT2D eigenvalue weighted by atomic mass is 15.4. The highest BCUT2D eigenvalue weighted by Gasteiger charge is 2.38.